The number of fused-ring (bicyclic) bond motifs is 1. The molecule has 1 aliphatic heterocycles. The molecule has 0 saturated carbocycles. The molecular weight excluding hydrogens is 441 g/mol. The lowest BCUT2D eigenvalue weighted by Gasteiger charge is -2.22. The van der Waals surface area contributed by atoms with Crippen molar-refractivity contribution in [2.75, 3.05) is 46.6 Å². The largest absolute Gasteiger partial charge is 0.354 e. The third-order valence-corrected chi connectivity index (χ3v) is 8.77. The van der Waals surface area contributed by atoms with E-state index >= 15 is 0 Å². The molecule has 0 fully saturated rings. The van der Waals surface area contributed by atoms with Gasteiger partial charge in [0.2, 0.25) is 10.5 Å². The van der Waals surface area contributed by atoms with Crippen molar-refractivity contribution in [3.8, 4) is 0 Å². The number of hydrogen-bond acceptors (Lipinski definition) is 6. The second kappa shape index (κ2) is 12.1. The first kappa shape index (κ1) is 25.1. The second-order valence-electron chi connectivity index (χ2n) is 8.23. The normalized spacial score (nSPS) is 14.8. The molecule has 0 radical (unpaired) electrons. The summed E-state index contributed by atoms with van der Waals surface area (Å²) in [5, 5.41) is 1.34. The van der Waals surface area contributed by atoms with E-state index < -0.39 is 7.60 Å². The van der Waals surface area contributed by atoms with E-state index in [-0.39, 0.29) is 0 Å². The fourth-order valence-electron chi connectivity index (χ4n) is 3.82. The van der Waals surface area contributed by atoms with Gasteiger partial charge in [0.05, 0.1) is 25.8 Å². The van der Waals surface area contributed by atoms with E-state index in [2.05, 4.69) is 77.3 Å². The van der Waals surface area contributed by atoms with Gasteiger partial charge in [0.1, 0.15) is 4.70 Å². The maximum Gasteiger partial charge on any atom is 0.330 e. The summed E-state index contributed by atoms with van der Waals surface area (Å²) < 4.78 is 27.5. The lowest BCUT2D eigenvalue weighted by atomic mass is 10.0. The van der Waals surface area contributed by atoms with Crippen LogP contribution in [0.3, 0.4) is 0 Å². The minimum atomic E-state index is -3.01. The summed E-state index contributed by atoms with van der Waals surface area (Å²) in [6.07, 6.45) is 11.1. The van der Waals surface area contributed by atoms with E-state index in [0.717, 1.165) is 32.5 Å². The average molecular weight is 479 g/mol. The number of rotatable bonds is 13. The molecule has 0 N–H and O–H groups in total. The van der Waals surface area contributed by atoms with Gasteiger partial charge in [0.15, 0.2) is 6.54 Å². The first-order valence-electron chi connectivity index (χ1n) is 11.5. The number of aryl methyl sites for hydroxylation is 1. The molecule has 2 heterocycles. The van der Waals surface area contributed by atoms with Crippen LogP contribution in [0.5, 0.6) is 0 Å². The van der Waals surface area contributed by atoms with Gasteiger partial charge in [-0.15, -0.1) is 0 Å². The Hall–Kier alpha value is -1.50. The highest BCUT2D eigenvalue weighted by molar-refractivity contribution is 7.53. The van der Waals surface area contributed by atoms with Crippen LogP contribution in [0.2, 0.25) is 0 Å². The highest BCUT2D eigenvalue weighted by Gasteiger charge is 2.27. The van der Waals surface area contributed by atoms with E-state index in [1.165, 1.54) is 15.2 Å². The van der Waals surface area contributed by atoms with Crippen molar-refractivity contribution in [3.63, 3.8) is 0 Å². The molecule has 0 aliphatic carbocycles. The van der Waals surface area contributed by atoms with Crippen LogP contribution in [0.4, 0.5) is 0 Å². The third-order valence-electron chi connectivity index (χ3n) is 5.42. The molecule has 0 atom stereocenters. The number of thiazole rings is 1. The van der Waals surface area contributed by atoms with Gasteiger partial charge in [0.25, 0.3) is 0 Å². The zero-order valence-corrected chi connectivity index (χ0v) is 21.5. The lowest BCUT2D eigenvalue weighted by Crippen LogP contribution is -2.37. The topological polar surface area (TPSA) is 45.9 Å². The summed E-state index contributed by atoms with van der Waals surface area (Å²) in [7, 11) is 1.19. The predicted octanol–water partition coefficient (Wildman–Crippen LogP) is 4.91. The number of nitrogens with zero attached hydrogens (tertiary/aromatic N) is 3. The van der Waals surface area contributed by atoms with Crippen LogP contribution in [0, 0.1) is 5.92 Å². The molecule has 3 rings (SSSR count). The average Bonchev–Trinajstić information content (AvgIpc) is 3.10. The first-order chi connectivity index (χ1) is 15.4. The van der Waals surface area contributed by atoms with Gasteiger partial charge in [-0.3, -0.25) is 4.57 Å². The molecule has 32 heavy (non-hydrogen) atoms. The minimum Gasteiger partial charge on any atom is -0.354 e. The van der Waals surface area contributed by atoms with E-state index in [4.69, 9.17) is 9.05 Å². The number of benzene rings is 1. The highest BCUT2D eigenvalue weighted by Crippen LogP contribution is 2.48. The zero-order valence-electron chi connectivity index (χ0n) is 19.8. The molecule has 0 bridgehead atoms. The second-order valence-corrected chi connectivity index (χ2v) is 11.5. The Kier molecular flexibility index (Phi) is 9.50. The molecule has 8 heteroatoms. The van der Waals surface area contributed by atoms with Crippen LogP contribution in [0.15, 0.2) is 48.8 Å². The number of hydrogen-bond donors (Lipinski definition) is 0. The van der Waals surface area contributed by atoms with Crippen LogP contribution in [0.25, 0.3) is 10.2 Å². The van der Waals surface area contributed by atoms with E-state index in [9.17, 15) is 4.57 Å². The summed E-state index contributed by atoms with van der Waals surface area (Å²) in [6.45, 7) is 7.36. The van der Waals surface area contributed by atoms with Crippen molar-refractivity contribution in [2.45, 2.75) is 33.2 Å². The molecule has 0 saturated heterocycles. The maximum absolute atomic E-state index is 12.9. The summed E-state index contributed by atoms with van der Waals surface area (Å²) >= 11 is 1.85. The number of para-hydroxylation sites is 1. The van der Waals surface area contributed by atoms with Gasteiger partial charge < -0.3 is 18.8 Å². The van der Waals surface area contributed by atoms with E-state index in [0.29, 0.717) is 25.3 Å². The van der Waals surface area contributed by atoms with Crippen molar-refractivity contribution in [1.29, 1.82) is 0 Å². The molecule has 6 nitrogen and oxygen atoms in total. The van der Waals surface area contributed by atoms with Crippen LogP contribution < -0.4 is 4.57 Å². The van der Waals surface area contributed by atoms with Crippen LogP contribution in [0.1, 0.15) is 25.3 Å². The van der Waals surface area contributed by atoms with Crippen molar-refractivity contribution in [1.82, 2.24) is 9.80 Å². The van der Waals surface area contributed by atoms with Crippen LogP contribution in [-0.4, -0.2) is 56.4 Å². The summed E-state index contributed by atoms with van der Waals surface area (Å²) in [4.78, 5) is 4.44. The summed E-state index contributed by atoms with van der Waals surface area (Å²) in [5.41, 5.74) is 1.24. The molecule has 1 aromatic heterocycles. The number of aromatic nitrogens is 1. The molecule has 0 spiro atoms. The third kappa shape index (κ3) is 7.00. The Labute approximate surface area is 196 Å². The number of likely N-dealkylation sites (N-methyl/N-ethyl adjacent to an activating group) is 1. The highest BCUT2D eigenvalue weighted by atomic mass is 32.1. The molecule has 2 aromatic rings. The quantitative estimate of drug-likeness (QED) is 0.302. The Bertz CT molecular complexity index is 949. The van der Waals surface area contributed by atoms with Gasteiger partial charge in [-0.05, 0) is 34.0 Å². The minimum absolute atomic E-state index is 0.378. The maximum atomic E-state index is 12.9. The molecule has 1 aromatic carbocycles. The standard InChI is InChI=1S/C24H37N3O3PS/c1-5-29-31(28,30-6-2)19-9-14-27-22-10-7-8-11-23(22)32-24(27)20-21-12-15-26(16-13-21)18-17-25(3)4/h7-8,10-13,15-16,21H,5-6,9,14,17-20H2,1-4H3/q+1. The Morgan fingerprint density at radius 3 is 2.47 bits per heavy atom. The van der Waals surface area contributed by atoms with E-state index in [1.807, 2.05) is 25.2 Å². The molecule has 176 valence electrons. The Balaban J connectivity index is 1.69. The van der Waals surface area contributed by atoms with Crippen molar-refractivity contribution >= 4 is 29.1 Å². The van der Waals surface area contributed by atoms with Gasteiger partial charge >= 0.3 is 7.60 Å². The fraction of sp³-hybridized carbons (Fsp3) is 0.542. The van der Waals surface area contributed by atoms with Gasteiger partial charge in [-0.2, -0.15) is 4.57 Å². The SMILES string of the molecule is CCOP(=O)(CCC[n+]1c(CC2C=CN(CCN(C)C)C=C2)sc2ccccc21)OCC. The van der Waals surface area contributed by atoms with Crippen molar-refractivity contribution in [2.24, 2.45) is 5.92 Å². The zero-order chi connectivity index (χ0) is 23.0. The van der Waals surface area contributed by atoms with Gasteiger partial charge in [-0.25, -0.2) is 0 Å². The Morgan fingerprint density at radius 2 is 1.81 bits per heavy atom. The van der Waals surface area contributed by atoms with E-state index in [1.54, 1.807) is 0 Å². The predicted molar refractivity (Wildman–Crippen MR) is 133 cm³/mol. The number of allylic oxidation sites excluding steroid dienone is 2. The van der Waals surface area contributed by atoms with Crippen molar-refractivity contribution in [3.05, 3.63) is 53.8 Å². The molecule has 0 unspecified atom stereocenters. The van der Waals surface area contributed by atoms with Crippen molar-refractivity contribution < 1.29 is 18.2 Å². The fourth-order valence-corrected chi connectivity index (χ4v) is 6.73. The monoisotopic (exact) mass is 478 g/mol. The first-order valence-corrected chi connectivity index (χ1v) is 14.0. The molecule has 1 aliphatic rings. The smallest absolute Gasteiger partial charge is 0.330 e. The molecule has 0 amide bonds. The summed E-state index contributed by atoms with van der Waals surface area (Å²) in [6, 6.07) is 8.54. The Morgan fingerprint density at radius 1 is 1.12 bits per heavy atom. The molecular formula is C24H37N3O3PS+. The van der Waals surface area contributed by atoms with Gasteiger partial charge in [-0.1, -0.05) is 35.6 Å². The van der Waals surface area contributed by atoms with Gasteiger partial charge in [0, 0.05) is 43.9 Å². The lowest BCUT2D eigenvalue weighted by molar-refractivity contribution is -0.674. The summed E-state index contributed by atoms with van der Waals surface area (Å²) in [5.74, 6) is 0.378. The van der Waals surface area contributed by atoms with Crippen LogP contribution in [-0.2, 0) is 26.6 Å². The van der Waals surface area contributed by atoms with Crippen LogP contribution >= 0.6 is 18.9 Å².